The van der Waals surface area contributed by atoms with E-state index >= 15 is 0 Å². The number of hydrogen-bond acceptors (Lipinski definition) is 3. The smallest absolute Gasteiger partial charge is 0.297 e. The molecule has 0 spiro atoms. The van der Waals surface area contributed by atoms with Gasteiger partial charge in [-0.05, 0) is 13.3 Å². The van der Waals surface area contributed by atoms with Crippen LogP contribution in [0.15, 0.2) is 0 Å². The highest BCUT2D eigenvalue weighted by atomic mass is 35.7. The molecule has 3 nitrogen and oxygen atoms in total. The standard InChI is InChI=1S/C5H12ClO3P/c1-3-5-9-10(6,7)8-4-2/h3-5H2,1-2H3/t10-/m1/s1. The highest BCUT2D eigenvalue weighted by Gasteiger charge is 2.18. The lowest BCUT2D eigenvalue weighted by molar-refractivity contribution is 0.226. The van der Waals surface area contributed by atoms with E-state index in [-0.39, 0.29) is 0 Å². The molecule has 0 rings (SSSR count). The van der Waals surface area contributed by atoms with Gasteiger partial charge in [0.2, 0.25) is 0 Å². The van der Waals surface area contributed by atoms with Crippen LogP contribution in [0.2, 0.25) is 0 Å². The van der Waals surface area contributed by atoms with Gasteiger partial charge < -0.3 is 0 Å². The summed E-state index contributed by atoms with van der Waals surface area (Å²) in [5.41, 5.74) is 0. The van der Waals surface area contributed by atoms with Crippen molar-refractivity contribution in [3.63, 3.8) is 0 Å². The highest BCUT2D eigenvalue weighted by molar-refractivity contribution is 7.81. The second kappa shape index (κ2) is 5.14. The number of rotatable bonds is 5. The SMILES string of the molecule is CCCO[P@@](=O)(Cl)OCC. The molecule has 0 radical (unpaired) electrons. The molecule has 1 atom stereocenters. The van der Waals surface area contributed by atoms with Gasteiger partial charge >= 0.3 is 6.95 Å². The van der Waals surface area contributed by atoms with E-state index in [2.05, 4.69) is 4.52 Å². The minimum Gasteiger partial charge on any atom is -0.297 e. The molecule has 0 aliphatic carbocycles. The molecule has 0 aromatic rings. The van der Waals surface area contributed by atoms with Crippen molar-refractivity contribution in [3.05, 3.63) is 0 Å². The molecule has 5 heteroatoms. The van der Waals surface area contributed by atoms with Crippen LogP contribution in [0.5, 0.6) is 0 Å². The fourth-order valence-corrected chi connectivity index (χ4v) is 1.68. The minimum absolute atomic E-state index is 0.310. The van der Waals surface area contributed by atoms with Crippen molar-refractivity contribution in [2.75, 3.05) is 13.2 Å². The van der Waals surface area contributed by atoms with Gasteiger partial charge in [-0.25, -0.2) is 4.57 Å². The first kappa shape index (κ1) is 10.4. The maximum Gasteiger partial charge on any atom is 0.424 e. The van der Waals surface area contributed by atoms with Crippen LogP contribution in [0, 0.1) is 0 Å². The van der Waals surface area contributed by atoms with Crippen LogP contribution in [0.1, 0.15) is 20.3 Å². The fourth-order valence-electron chi connectivity index (χ4n) is 0.392. The molecule has 0 bridgehead atoms. The minimum atomic E-state index is -3.24. The van der Waals surface area contributed by atoms with Crippen LogP contribution in [-0.4, -0.2) is 13.2 Å². The number of hydrogen-bond donors (Lipinski definition) is 0. The molecule has 10 heavy (non-hydrogen) atoms. The zero-order valence-electron chi connectivity index (χ0n) is 6.17. The molecule has 0 saturated carbocycles. The Bertz CT molecular complexity index is 128. The Kier molecular flexibility index (Phi) is 5.36. The quantitative estimate of drug-likeness (QED) is 0.620. The molecule has 0 amide bonds. The van der Waals surface area contributed by atoms with Crippen molar-refractivity contribution in [2.24, 2.45) is 0 Å². The summed E-state index contributed by atoms with van der Waals surface area (Å²) in [6.07, 6.45) is 0.782. The van der Waals surface area contributed by atoms with E-state index in [9.17, 15) is 4.57 Å². The summed E-state index contributed by atoms with van der Waals surface area (Å²) in [5.74, 6) is 0. The lowest BCUT2D eigenvalue weighted by Crippen LogP contribution is -1.90. The largest absolute Gasteiger partial charge is 0.424 e. The second-order valence-corrected chi connectivity index (χ2v) is 4.30. The lowest BCUT2D eigenvalue weighted by atomic mass is 10.5. The first-order chi connectivity index (χ1) is 4.62. The summed E-state index contributed by atoms with van der Waals surface area (Å²) in [7, 11) is 0. The second-order valence-electron chi connectivity index (χ2n) is 1.68. The molecule has 0 saturated heterocycles. The Balaban J connectivity index is 3.53. The van der Waals surface area contributed by atoms with E-state index in [1.807, 2.05) is 6.92 Å². The molecule has 0 heterocycles. The zero-order valence-corrected chi connectivity index (χ0v) is 7.82. The molecule has 62 valence electrons. The third-order valence-electron chi connectivity index (χ3n) is 0.733. The fraction of sp³-hybridized carbons (Fsp3) is 1.00. The summed E-state index contributed by atoms with van der Waals surface area (Å²) in [6.45, 7) is 1.07. The van der Waals surface area contributed by atoms with Crippen molar-refractivity contribution in [1.29, 1.82) is 0 Å². The van der Waals surface area contributed by atoms with E-state index in [0.29, 0.717) is 13.2 Å². The normalized spacial score (nSPS) is 16.7. The third-order valence-corrected chi connectivity index (χ3v) is 2.38. The summed E-state index contributed by atoms with van der Waals surface area (Å²) in [5, 5.41) is 0. The van der Waals surface area contributed by atoms with Gasteiger partial charge in [-0.3, -0.25) is 9.05 Å². The van der Waals surface area contributed by atoms with Gasteiger partial charge in [-0.2, -0.15) is 0 Å². The van der Waals surface area contributed by atoms with E-state index in [0.717, 1.165) is 6.42 Å². The lowest BCUT2D eigenvalue weighted by Gasteiger charge is -2.08. The van der Waals surface area contributed by atoms with Crippen LogP contribution in [-0.2, 0) is 13.6 Å². The maximum absolute atomic E-state index is 10.9. The van der Waals surface area contributed by atoms with Crippen molar-refractivity contribution in [3.8, 4) is 0 Å². The van der Waals surface area contributed by atoms with Crippen LogP contribution < -0.4 is 0 Å². The van der Waals surface area contributed by atoms with Crippen LogP contribution in [0.4, 0.5) is 0 Å². The molecular weight excluding hydrogens is 174 g/mol. The zero-order chi connectivity index (χ0) is 8.04. The molecular formula is C5H12ClO3P. The Morgan fingerprint density at radius 3 is 2.40 bits per heavy atom. The summed E-state index contributed by atoms with van der Waals surface area (Å²) >= 11 is 5.33. The predicted octanol–water partition coefficient (Wildman–Crippen LogP) is 2.80. The molecule has 0 aromatic heterocycles. The Hall–Kier alpha value is 0.440. The van der Waals surface area contributed by atoms with E-state index < -0.39 is 6.95 Å². The van der Waals surface area contributed by atoms with Gasteiger partial charge in [-0.15, -0.1) is 0 Å². The molecule has 0 fully saturated rings. The van der Waals surface area contributed by atoms with Gasteiger partial charge in [0.25, 0.3) is 0 Å². The topological polar surface area (TPSA) is 35.5 Å². The molecule has 0 aliphatic rings. The van der Waals surface area contributed by atoms with E-state index in [1.165, 1.54) is 0 Å². The van der Waals surface area contributed by atoms with E-state index in [4.69, 9.17) is 15.8 Å². The van der Waals surface area contributed by atoms with Crippen LogP contribution >= 0.6 is 18.2 Å². The monoisotopic (exact) mass is 186 g/mol. The van der Waals surface area contributed by atoms with Crippen molar-refractivity contribution in [2.45, 2.75) is 20.3 Å². The van der Waals surface area contributed by atoms with Crippen molar-refractivity contribution < 1.29 is 13.6 Å². The maximum atomic E-state index is 10.9. The molecule has 0 unspecified atom stereocenters. The highest BCUT2D eigenvalue weighted by Crippen LogP contribution is 2.53. The van der Waals surface area contributed by atoms with Gasteiger partial charge in [0, 0.05) is 11.2 Å². The van der Waals surface area contributed by atoms with E-state index in [1.54, 1.807) is 6.92 Å². The average Bonchev–Trinajstić information content (AvgIpc) is 1.84. The predicted molar refractivity (Wildman–Crippen MR) is 41.3 cm³/mol. The van der Waals surface area contributed by atoms with Crippen LogP contribution in [0.25, 0.3) is 0 Å². The van der Waals surface area contributed by atoms with Crippen molar-refractivity contribution in [1.82, 2.24) is 0 Å². The molecule has 0 aliphatic heterocycles. The first-order valence-corrected chi connectivity index (χ1v) is 5.66. The van der Waals surface area contributed by atoms with Gasteiger partial charge in [0.15, 0.2) is 0 Å². The Morgan fingerprint density at radius 1 is 1.40 bits per heavy atom. The Labute approximate surface area is 66.0 Å². The summed E-state index contributed by atoms with van der Waals surface area (Å²) < 4.78 is 20.2. The van der Waals surface area contributed by atoms with Gasteiger partial charge in [0.1, 0.15) is 0 Å². The first-order valence-electron chi connectivity index (χ1n) is 3.21. The van der Waals surface area contributed by atoms with Gasteiger partial charge in [0.05, 0.1) is 13.2 Å². The van der Waals surface area contributed by atoms with Gasteiger partial charge in [-0.1, -0.05) is 6.92 Å². The van der Waals surface area contributed by atoms with Crippen molar-refractivity contribution >= 4 is 18.2 Å². The number of halogens is 1. The molecule has 0 N–H and O–H groups in total. The summed E-state index contributed by atoms with van der Waals surface area (Å²) in [4.78, 5) is 0. The van der Waals surface area contributed by atoms with Crippen LogP contribution in [0.3, 0.4) is 0 Å². The third kappa shape index (κ3) is 5.24. The Morgan fingerprint density at radius 2 is 2.00 bits per heavy atom. The average molecular weight is 187 g/mol. The molecule has 0 aromatic carbocycles. The summed E-state index contributed by atoms with van der Waals surface area (Å²) in [6, 6.07) is 0.